The summed E-state index contributed by atoms with van der Waals surface area (Å²) in [7, 11) is 0. The van der Waals surface area contributed by atoms with Crippen LogP contribution in [-0.2, 0) is 6.42 Å². The summed E-state index contributed by atoms with van der Waals surface area (Å²) in [5.41, 5.74) is 2.22. The molecule has 0 aromatic carbocycles. The van der Waals surface area contributed by atoms with E-state index in [0.29, 0.717) is 12.3 Å². The number of likely N-dealkylation sites (tertiary alicyclic amines) is 1. The van der Waals surface area contributed by atoms with E-state index in [2.05, 4.69) is 28.1 Å². The van der Waals surface area contributed by atoms with Crippen molar-refractivity contribution in [2.24, 2.45) is 0 Å². The van der Waals surface area contributed by atoms with Crippen molar-refractivity contribution < 1.29 is 5.11 Å². The normalized spacial score (nSPS) is 22.5. The third-order valence-electron chi connectivity index (χ3n) is 3.40. The van der Waals surface area contributed by atoms with Crippen molar-refractivity contribution in [2.75, 3.05) is 26.2 Å². The third kappa shape index (κ3) is 2.62. The van der Waals surface area contributed by atoms with Crippen LogP contribution in [0.3, 0.4) is 0 Å². The maximum Gasteiger partial charge on any atom is 0.0668 e. The minimum atomic E-state index is 0.188. The number of aromatic nitrogens is 2. The molecule has 0 unspecified atom stereocenters. The summed E-state index contributed by atoms with van der Waals surface area (Å²) in [6.45, 7) is 5.88. The second-order valence-corrected chi connectivity index (χ2v) is 4.52. The molecule has 1 aliphatic rings. The maximum atomic E-state index is 8.86. The number of hydrogen-bond donors (Lipinski definition) is 2. The molecule has 2 rings (SSSR count). The van der Waals surface area contributed by atoms with E-state index in [-0.39, 0.29) is 6.61 Å². The highest BCUT2D eigenvalue weighted by molar-refractivity contribution is 5.14. The molecule has 1 aliphatic heterocycles. The van der Waals surface area contributed by atoms with Gasteiger partial charge in [-0.3, -0.25) is 5.10 Å². The van der Waals surface area contributed by atoms with Crippen LogP contribution in [0.2, 0.25) is 0 Å². The predicted octanol–water partition coefficient (Wildman–Crippen LogP) is 1.14. The molecule has 0 aliphatic carbocycles. The monoisotopic (exact) mass is 223 g/mol. The minimum absolute atomic E-state index is 0.188. The first-order chi connectivity index (χ1) is 7.83. The number of aliphatic hydroxyl groups excluding tert-OH is 1. The highest BCUT2D eigenvalue weighted by atomic mass is 16.3. The van der Waals surface area contributed by atoms with Crippen molar-refractivity contribution >= 4 is 0 Å². The number of H-pyrrole nitrogens is 1. The van der Waals surface area contributed by atoms with Crippen LogP contribution in [0.1, 0.15) is 37.1 Å². The van der Waals surface area contributed by atoms with Crippen LogP contribution in [0.4, 0.5) is 0 Å². The molecule has 0 bridgehead atoms. The van der Waals surface area contributed by atoms with Gasteiger partial charge in [-0.05, 0) is 32.0 Å². The second-order valence-electron chi connectivity index (χ2n) is 4.52. The van der Waals surface area contributed by atoms with Gasteiger partial charge in [0.2, 0.25) is 0 Å². The van der Waals surface area contributed by atoms with Gasteiger partial charge in [-0.15, -0.1) is 0 Å². The molecule has 2 heterocycles. The molecule has 4 heteroatoms. The number of nitrogens with one attached hydrogen (secondary N) is 1. The van der Waals surface area contributed by atoms with Crippen molar-refractivity contribution in [3.63, 3.8) is 0 Å². The SMILES string of the molecule is CCN1CCC[C@@H](c2cc(CCO)[nH]n2)C1. The summed E-state index contributed by atoms with van der Waals surface area (Å²) < 4.78 is 0. The zero-order valence-electron chi connectivity index (χ0n) is 9.95. The number of aliphatic hydroxyl groups is 1. The average molecular weight is 223 g/mol. The zero-order chi connectivity index (χ0) is 11.4. The quantitative estimate of drug-likeness (QED) is 0.805. The summed E-state index contributed by atoms with van der Waals surface area (Å²) in [6, 6.07) is 2.11. The molecule has 0 saturated carbocycles. The molecule has 1 fully saturated rings. The Morgan fingerprint density at radius 1 is 1.62 bits per heavy atom. The fraction of sp³-hybridized carbons (Fsp3) is 0.750. The Hall–Kier alpha value is -0.870. The summed E-state index contributed by atoms with van der Waals surface area (Å²) in [4.78, 5) is 2.48. The Kier molecular flexibility index (Phi) is 3.96. The predicted molar refractivity (Wildman–Crippen MR) is 63.5 cm³/mol. The van der Waals surface area contributed by atoms with E-state index in [1.807, 2.05) is 0 Å². The Morgan fingerprint density at radius 2 is 2.50 bits per heavy atom. The summed E-state index contributed by atoms with van der Waals surface area (Å²) >= 11 is 0. The van der Waals surface area contributed by atoms with Crippen LogP contribution in [-0.4, -0.2) is 46.4 Å². The molecule has 1 saturated heterocycles. The van der Waals surface area contributed by atoms with E-state index >= 15 is 0 Å². The molecule has 0 radical (unpaired) electrons. The number of likely N-dealkylation sites (N-methyl/N-ethyl adjacent to an activating group) is 1. The van der Waals surface area contributed by atoms with Crippen LogP contribution in [0.15, 0.2) is 6.07 Å². The number of piperidine rings is 1. The lowest BCUT2D eigenvalue weighted by atomic mass is 9.94. The topological polar surface area (TPSA) is 52.1 Å². The standard InChI is InChI=1S/C12H21N3O/c1-2-15-6-3-4-10(9-15)12-8-11(5-7-16)13-14-12/h8,10,16H,2-7,9H2,1H3,(H,13,14)/t10-/m1/s1. The zero-order valence-corrected chi connectivity index (χ0v) is 9.95. The van der Waals surface area contributed by atoms with Gasteiger partial charge >= 0.3 is 0 Å². The van der Waals surface area contributed by atoms with Gasteiger partial charge in [0.15, 0.2) is 0 Å². The van der Waals surface area contributed by atoms with Crippen molar-refractivity contribution in [1.82, 2.24) is 15.1 Å². The summed E-state index contributed by atoms with van der Waals surface area (Å²) in [6.07, 6.45) is 3.18. The average Bonchev–Trinajstić information content (AvgIpc) is 2.78. The van der Waals surface area contributed by atoms with Gasteiger partial charge in [-0.1, -0.05) is 6.92 Å². The van der Waals surface area contributed by atoms with Crippen molar-refractivity contribution in [3.8, 4) is 0 Å². The van der Waals surface area contributed by atoms with E-state index < -0.39 is 0 Å². The van der Waals surface area contributed by atoms with E-state index in [1.165, 1.54) is 25.1 Å². The molecule has 0 amide bonds. The van der Waals surface area contributed by atoms with Crippen LogP contribution in [0.25, 0.3) is 0 Å². The van der Waals surface area contributed by atoms with E-state index in [4.69, 9.17) is 5.11 Å². The number of nitrogens with zero attached hydrogens (tertiary/aromatic N) is 2. The van der Waals surface area contributed by atoms with Crippen LogP contribution < -0.4 is 0 Å². The van der Waals surface area contributed by atoms with Crippen LogP contribution in [0.5, 0.6) is 0 Å². The largest absolute Gasteiger partial charge is 0.396 e. The smallest absolute Gasteiger partial charge is 0.0668 e. The van der Waals surface area contributed by atoms with Gasteiger partial charge in [0.25, 0.3) is 0 Å². The van der Waals surface area contributed by atoms with Crippen molar-refractivity contribution in [2.45, 2.75) is 32.1 Å². The van der Waals surface area contributed by atoms with Crippen LogP contribution in [0, 0.1) is 0 Å². The van der Waals surface area contributed by atoms with Gasteiger partial charge in [-0.2, -0.15) is 5.10 Å². The third-order valence-corrected chi connectivity index (χ3v) is 3.40. The molecule has 90 valence electrons. The Balaban J connectivity index is 1.99. The van der Waals surface area contributed by atoms with Gasteiger partial charge in [0.1, 0.15) is 0 Å². The fourth-order valence-corrected chi connectivity index (χ4v) is 2.42. The van der Waals surface area contributed by atoms with E-state index in [1.54, 1.807) is 0 Å². The molecule has 0 spiro atoms. The molecular formula is C12H21N3O. The molecular weight excluding hydrogens is 202 g/mol. The summed E-state index contributed by atoms with van der Waals surface area (Å²) in [5, 5.41) is 16.2. The van der Waals surface area contributed by atoms with E-state index in [0.717, 1.165) is 18.8 Å². The van der Waals surface area contributed by atoms with Crippen molar-refractivity contribution in [3.05, 3.63) is 17.5 Å². The minimum Gasteiger partial charge on any atom is -0.396 e. The molecule has 1 aromatic heterocycles. The molecule has 1 aromatic rings. The highest BCUT2D eigenvalue weighted by Crippen LogP contribution is 2.25. The molecule has 2 N–H and O–H groups in total. The first-order valence-corrected chi connectivity index (χ1v) is 6.21. The van der Waals surface area contributed by atoms with Gasteiger partial charge in [-0.25, -0.2) is 0 Å². The maximum absolute atomic E-state index is 8.86. The lowest BCUT2D eigenvalue weighted by molar-refractivity contribution is 0.216. The Bertz CT molecular complexity index is 324. The van der Waals surface area contributed by atoms with Gasteiger partial charge < -0.3 is 10.0 Å². The highest BCUT2D eigenvalue weighted by Gasteiger charge is 2.22. The summed E-state index contributed by atoms with van der Waals surface area (Å²) in [5.74, 6) is 0.567. The first kappa shape index (κ1) is 11.6. The molecule has 16 heavy (non-hydrogen) atoms. The Labute approximate surface area is 96.7 Å². The Morgan fingerprint density at radius 3 is 3.25 bits per heavy atom. The number of aromatic amines is 1. The van der Waals surface area contributed by atoms with E-state index in [9.17, 15) is 0 Å². The van der Waals surface area contributed by atoms with Gasteiger partial charge in [0, 0.05) is 31.2 Å². The second kappa shape index (κ2) is 5.46. The molecule has 1 atom stereocenters. The molecule has 4 nitrogen and oxygen atoms in total. The van der Waals surface area contributed by atoms with Gasteiger partial charge in [0.05, 0.1) is 5.69 Å². The lowest BCUT2D eigenvalue weighted by Crippen LogP contribution is -2.34. The van der Waals surface area contributed by atoms with Crippen molar-refractivity contribution in [1.29, 1.82) is 0 Å². The first-order valence-electron chi connectivity index (χ1n) is 6.21. The van der Waals surface area contributed by atoms with Crippen LogP contribution >= 0.6 is 0 Å². The fourth-order valence-electron chi connectivity index (χ4n) is 2.42. The number of hydrogen-bond acceptors (Lipinski definition) is 3. The lowest BCUT2D eigenvalue weighted by Gasteiger charge is -2.30. The number of rotatable bonds is 4.